The van der Waals surface area contributed by atoms with Gasteiger partial charge in [0.2, 0.25) is 0 Å². The Labute approximate surface area is 97.5 Å². The number of hydrogen-bond donors (Lipinski definition) is 1. The van der Waals surface area contributed by atoms with E-state index in [1.807, 2.05) is 13.8 Å². The molecule has 0 rings (SSSR count). The van der Waals surface area contributed by atoms with Crippen molar-refractivity contribution in [2.24, 2.45) is 10.8 Å². The van der Waals surface area contributed by atoms with Gasteiger partial charge in [-0.2, -0.15) is 0 Å². The second-order valence-electron chi connectivity index (χ2n) is 5.70. The molecule has 3 nitrogen and oxygen atoms in total. The SMILES string of the molecule is CC(C)=CCC(C)(C(=O)O)C(=O)C(C)(C)C. The fourth-order valence-corrected chi connectivity index (χ4v) is 1.51. The average molecular weight is 226 g/mol. The van der Waals surface area contributed by atoms with E-state index in [4.69, 9.17) is 0 Å². The summed E-state index contributed by atoms with van der Waals surface area (Å²) in [4.78, 5) is 23.4. The highest BCUT2D eigenvalue weighted by Crippen LogP contribution is 2.33. The van der Waals surface area contributed by atoms with E-state index in [-0.39, 0.29) is 12.2 Å². The highest BCUT2D eigenvalue weighted by molar-refractivity contribution is 6.05. The van der Waals surface area contributed by atoms with E-state index in [0.29, 0.717) is 0 Å². The second-order valence-corrected chi connectivity index (χ2v) is 5.70. The fourth-order valence-electron chi connectivity index (χ4n) is 1.51. The standard InChI is InChI=1S/C13H22O3/c1-9(2)7-8-13(6,11(15)16)10(14)12(3,4)5/h7H,8H2,1-6H3,(H,15,16). The van der Waals surface area contributed by atoms with Gasteiger partial charge in [-0.25, -0.2) is 0 Å². The van der Waals surface area contributed by atoms with Crippen molar-refractivity contribution in [2.45, 2.75) is 48.0 Å². The summed E-state index contributed by atoms with van der Waals surface area (Å²) in [6.45, 7) is 10.5. The summed E-state index contributed by atoms with van der Waals surface area (Å²) < 4.78 is 0. The Morgan fingerprint density at radius 3 is 1.81 bits per heavy atom. The molecule has 0 aromatic heterocycles. The van der Waals surface area contributed by atoms with Gasteiger partial charge >= 0.3 is 5.97 Å². The van der Waals surface area contributed by atoms with Crippen molar-refractivity contribution in [3.05, 3.63) is 11.6 Å². The molecule has 0 aliphatic rings. The maximum Gasteiger partial charge on any atom is 0.317 e. The van der Waals surface area contributed by atoms with Crippen LogP contribution in [0.15, 0.2) is 11.6 Å². The summed E-state index contributed by atoms with van der Waals surface area (Å²) in [5, 5.41) is 9.23. The fraction of sp³-hybridized carbons (Fsp3) is 0.692. The monoisotopic (exact) mass is 226 g/mol. The topological polar surface area (TPSA) is 54.4 Å². The first-order valence-electron chi connectivity index (χ1n) is 5.43. The zero-order valence-electron chi connectivity index (χ0n) is 11.0. The van der Waals surface area contributed by atoms with Gasteiger partial charge in [-0.15, -0.1) is 0 Å². The lowest BCUT2D eigenvalue weighted by Gasteiger charge is -2.29. The molecule has 1 N–H and O–H groups in total. The lowest BCUT2D eigenvalue weighted by Crippen LogP contribution is -2.42. The molecule has 0 aromatic rings. The lowest BCUT2D eigenvalue weighted by atomic mass is 9.71. The first-order chi connectivity index (χ1) is 7.01. The number of rotatable bonds is 4. The summed E-state index contributed by atoms with van der Waals surface area (Å²) in [5.74, 6) is -1.28. The molecule has 0 aliphatic heterocycles. The summed E-state index contributed by atoms with van der Waals surface area (Å²) in [5.41, 5.74) is -0.938. The summed E-state index contributed by atoms with van der Waals surface area (Å²) in [6.07, 6.45) is 2.05. The average Bonchev–Trinajstić information content (AvgIpc) is 2.11. The predicted octanol–water partition coefficient (Wildman–Crippen LogP) is 3.05. The number of carbonyl (C=O) groups excluding carboxylic acids is 1. The summed E-state index contributed by atoms with van der Waals surface area (Å²) >= 11 is 0. The van der Waals surface area contributed by atoms with Crippen LogP contribution in [0.1, 0.15) is 48.0 Å². The second kappa shape index (κ2) is 4.81. The number of aliphatic carboxylic acids is 1. The molecule has 0 heterocycles. The van der Waals surface area contributed by atoms with Gasteiger partial charge in [-0.1, -0.05) is 32.4 Å². The number of carboxylic acids is 1. The van der Waals surface area contributed by atoms with Crippen molar-refractivity contribution in [3.63, 3.8) is 0 Å². The van der Waals surface area contributed by atoms with Crippen LogP contribution in [0.2, 0.25) is 0 Å². The molecule has 0 radical (unpaired) electrons. The smallest absolute Gasteiger partial charge is 0.317 e. The van der Waals surface area contributed by atoms with E-state index in [1.54, 1.807) is 26.8 Å². The van der Waals surface area contributed by atoms with Crippen molar-refractivity contribution in [2.75, 3.05) is 0 Å². The van der Waals surface area contributed by atoms with Gasteiger partial charge in [-0.3, -0.25) is 9.59 Å². The number of ketones is 1. The van der Waals surface area contributed by atoms with Crippen LogP contribution in [-0.4, -0.2) is 16.9 Å². The van der Waals surface area contributed by atoms with E-state index < -0.39 is 16.8 Å². The highest BCUT2D eigenvalue weighted by Gasteiger charge is 2.45. The Hall–Kier alpha value is -1.12. The number of hydrogen-bond acceptors (Lipinski definition) is 2. The molecule has 3 heteroatoms. The van der Waals surface area contributed by atoms with Gasteiger partial charge in [0, 0.05) is 5.41 Å². The van der Waals surface area contributed by atoms with E-state index in [2.05, 4.69) is 0 Å². The van der Waals surface area contributed by atoms with Crippen LogP contribution in [-0.2, 0) is 9.59 Å². The van der Waals surface area contributed by atoms with Gasteiger partial charge in [-0.05, 0) is 27.2 Å². The third kappa shape index (κ3) is 3.47. The maximum absolute atomic E-state index is 12.1. The van der Waals surface area contributed by atoms with E-state index >= 15 is 0 Å². The quantitative estimate of drug-likeness (QED) is 0.592. The Balaban J connectivity index is 5.21. The van der Waals surface area contributed by atoms with Crippen LogP contribution < -0.4 is 0 Å². The first-order valence-corrected chi connectivity index (χ1v) is 5.43. The van der Waals surface area contributed by atoms with Crippen molar-refractivity contribution >= 4 is 11.8 Å². The molecule has 1 unspecified atom stereocenters. The molecule has 0 saturated heterocycles. The molecule has 1 atom stereocenters. The Kier molecular flexibility index (Phi) is 4.47. The molecular weight excluding hydrogens is 204 g/mol. The Morgan fingerprint density at radius 1 is 1.12 bits per heavy atom. The molecule has 0 saturated carbocycles. The van der Waals surface area contributed by atoms with Crippen LogP contribution in [0, 0.1) is 10.8 Å². The van der Waals surface area contributed by atoms with Crippen LogP contribution >= 0.6 is 0 Å². The van der Waals surface area contributed by atoms with Gasteiger partial charge in [0.1, 0.15) is 5.41 Å². The van der Waals surface area contributed by atoms with Gasteiger partial charge < -0.3 is 5.11 Å². The zero-order chi connectivity index (χ0) is 13.1. The predicted molar refractivity (Wildman–Crippen MR) is 64.3 cm³/mol. The minimum atomic E-state index is -1.32. The molecule has 0 spiro atoms. The third-order valence-corrected chi connectivity index (χ3v) is 2.57. The molecule has 0 bridgehead atoms. The van der Waals surface area contributed by atoms with Crippen molar-refractivity contribution < 1.29 is 14.7 Å². The lowest BCUT2D eigenvalue weighted by molar-refractivity contribution is -0.156. The van der Waals surface area contributed by atoms with Crippen LogP contribution in [0.25, 0.3) is 0 Å². The van der Waals surface area contributed by atoms with Crippen molar-refractivity contribution in [3.8, 4) is 0 Å². The van der Waals surface area contributed by atoms with E-state index in [9.17, 15) is 14.7 Å². The number of Topliss-reactive ketones (excluding diaryl/α,β-unsaturated/α-hetero) is 1. The highest BCUT2D eigenvalue weighted by atomic mass is 16.4. The normalized spacial score (nSPS) is 15.1. The van der Waals surface area contributed by atoms with Crippen LogP contribution in [0.3, 0.4) is 0 Å². The number of carboxylic acid groups (broad SMARTS) is 1. The summed E-state index contributed by atoms with van der Waals surface area (Å²) in [6, 6.07) is 0. The van der Waals surface area contributed by atoms with Crippen LogP contribution in [0.4, 0.5) is 0 Å². The molecule has 0 fully saturated rings. The third-order valence-electron chi connectivity index (χ3n) is 2.57. The molecule has 0 aromatic carbocycles. The molecule has 92 valence electrons. The molecular formula is C13H22O3. The van der Waals surface area contributed by atoms with Crippen molar-refractivity contribution in [1.82, 2.24) is 0 Å². The number of allylic oxidation sites excluding steroid dienone is 2. The van der Waals surface area contributed by atoms with E-state index in [1.165, 1.54) is 6.92 Å². The molecule has 0 amide bonds. The van der Waals surface area contributed by atoms with E-state index in [0.717, 1.165) is 5.57 Å². The molecule has 0 aliphatic carbocycles. The maximum atomic E-state index is 12.1. The summed E-state index contributed by atoms with van der Waals surface area (Å²) in [7, 11) is 0. The van der Waals surface area contributed by atoms with Crippen molar-refractivity contribution in [1.29, 1.82) is 0 Å². The minimum Gasteiger partial charge on any atom is -0.480 e. The molecule has 16 heavy (non-hydrogen) atoms. The minimum absolute atomic E-state index is 0.231. The van der Waals surface area contributed by atoms with Crippen LogP contribution in [0.5, 0.6) is 0 Å². The zero-order valence-corrected chi connectivity index (χ0v) is 11.0. The Bertz CT molecular complexity index is 317. The number of carbonyl (C=O) groups is 2. The van der Waals surface area contributed by atoms with Gasteiger partial charge in [0.05, 0.1) is 0 Å². The Morgan fingerprint density at radius 2 is 1.56 bits per heavy atom. The van der Waals surface area contributed by atoms with Gasteiger partial charge in [0.25, 0.3) is 0 Å². The largest absolute Gasteiger partial charge is 0.480 e. The van der Waals surface area contributed by atoms with Gasteiger partial charge in [0.15, 0.2) is 5.78 Å². The first kappa shape index (κ1) is 14.9.